The van der Waals surface area contributed by atoms with Crippen LogP contribution < -0.4 is 5.32 Å². The van der Waals surface area contributed by atoms with Crippen LogP contribution >= 0.6 is 0 Å². The van der Waals surface area contributed by atoms with Crippen LogP contribution in [0.25, 0.3) is 5.57 Å². The number of hydrogen-bond acceptors (Lipinski definition) is 4. The Morgan fingerprint density at radius 2 is 1.69 bits per heavy atom. The molecule has 0 atom stereocenters. The van der Waals surface area contributed by atoms with Gasteiger partial charge >= 0.3 is 0 Å². The summed E-state index contributed by atoms with van der Waals surface area (Å²) in [5, 5.41) is 3.05. The van der Waals surface area contributed by atoms with Gasteiger partial charge in [-0.3, -0.25) is 14.5 Å². The Balaban J connectivity index is 1.97. The van der Waals surface area contributed by atoms with Gasteiger partial charge in [-0.2, -0.15) is 0 Å². The Bertz CT molecular complexity index is 832. The second-order valence-electron chi connectivity index (χ2n) is 5.86. The molecule has 0 aromatic heterocycles. The van der Waals surface area contributed by atoms with Crippen molar-refractivity contribution in [2.75, 3.05) is 25.6 Å². The second kappa shape index (κ2) is 7.93. The Kier molecular flexibility index (Phi) is 5.43. The minimum atomic E-state index is -0.402. The largest absolute Gasteiger partial charge is 0.385 e. The Morgan fingerprint density at radius 3 is 2.35 bits per heavy atom. The topological polar surface area (TPSA) is 58.6 Å². The maximum atomic E-state index is 13.3. The summed E-state index contributed by atoms with van der Waals surface area (Å²) in [4.78, 5) is 26.9. The lowest BCUT2D eigenvalue weighted by molar-refractivity contribution is -0.136. The van der Waals surface area contributed by atoms with E-state index >= 15 is 0 Å². The van der Waals surface area contributed by atoms with Gasteiger partial charge in [0, 0.05) is 25.9 Å². The number of amides is 2. The molecular weight excluding hydrogens is 335 g/mol. The van der Waals surface area contributed by atoms with Crippen LogP contribution in [0.1, 0.15) is 12.0 Å². The SMILES string of the molecule is COCCCN1C(=O)C(Nc2ccccc2)=C(c2ccc(F)cc2)C1=O. The number of hydrogen-bond donors (Lipinski definition) is 1. The quantitative estimate of drug-likeness (QED) is 0.613. The molecule has 1 heterocycles. The van der Waals surface area contributed by atoms with Gasteiger partial charge in [0.2, 0.25) is 0 Å². The number of methoxy groups -OCH3 is 1. The number of anilines is 1. The molecule has 1 aliphatic heterocycles. The third-order valence-electron chi connectivity index (χ3n) is 4.07. The van der Waals surface area contributed by atoms with Gasteiger partial charge < -0.3 is 10.1 Å². The molecule has 2 aromatic carbocycles. The molecular formula is C20H19FN2O3. The third kappa shape index (κ3) is 3.65. The van der Waals surface area contributed by atoms with Crippen molar-refractivity contribution in [3.05, 3.63) is 71.7 Å². The number of carbonyl (C=O) groups is 2. The summed E-state index contributed by atoms with van der Waals surface area (Å²) in [6.07, 6.45) is 0.545. The van der Waals surface area contributed by atoms with Crippen LogP contribution in [0.5, 0.6) is 0 Å². The molecule has 6 heteroatoms. The maximum Gasteiger partial charge on any atom is 0.278 e. The van der Waals surface area contributed by atoms with Crippen LogP contribution in [-0.4, -0.2) is 37.0 Å². The van der Waals surface area contributed by atoms with E-state index in [1.54, 1.807) is 19.2 Å². The van der Waals surface area contributed by atoms with Gasteiger partial charge in [-0.25, -0.2) is 4.39 Å². The maximum absolute atomic E-state index is 13.3. The van der Waals surface area contributed by atoms with Gasteiger partial charge in [0.05, 0.1) is 5.57 Å². The first-order valence-electron chi connectivity index (χ1n) is 8.29. The zero-order chi connectivity index (χ0) is 18.5. The van der Waals surface area contributed by atoms with Crippen LogP contribution in [-0.2, 0) is 14.3 Å². The van der Waals surface area contributed by atoms with Crippen molar-refractivity contribution in [2.24, 2.45) is 0 Å². The Morgan fingerprint density at radius 1 is 1.00 bits per heavy atom. The number of nitrogens with one attached hydrogen (secondary N) is 1. The molecule has 0 aliphatic carbocycles. The number of ether oxygens (including phenoxy) is 1. The fraction of sp³-hybridized carbons (Fsp3) is 0.200. The van der Waals surface area contributed by atoms with E-state index in [9.17, 15) is 14.0 Å². The molecule has 0 radical (unpaired) electrons. The highest BCUT2D eigenvalue weighted by molar-refractivity contribution is 6.36. The highest BCUT2D eigenvalue weighted by atomic mass is 19.1. The van der Waals surface area contributed by atoms with Crippen LogP contribution in [0.15, 0.2) is 60.3 Å². The van der Waals surface area contributed by atoms with E-state index in [0.29, 0.717) is 24.3 Å². The normalized spacial score (nSPS) is 14.3. The summed E-state index contributed by atoms with van der Waals surface area (Å²) < 4.78 is 18.3. The van der Waals surface area contributed by atoms with Gasteiger partial charge in [-0.1, -0.05) is 30.3 Å². The van der Waals surface area contributed by atoms with Crippen molar-refractivity contribution >= 4 is 23.1 Å². The van der Waals surface area contributed by atoms with Crippen LogP contribution in [0.4, 0.5) is 10.1 Å². The van der Waals surface area contributed by atoms with Crippen molar-refractivity contribution in [2.45, 2.75) is 6.42 Å². The molecule has 134 valence electrons. The minimum Gasteiger partial charge on any atom is -0.385 e. The highest BCUT2D eigenvalue weighted by Crippen LogP contribution is 2.30. The summed E-state index contributed by atoms with van der Waals surface area (Å²) >= 11 is 0. The van der Waals surface area contributed by atoms with Gasteiger partial charge in [0.1, 0.15) is 11.5 Å². The number of benzene rings is 2. The molecule has 0 unspecified atom stereocenters. The summed E-state index contributed by atoms with van der Waals surface area (Å²) in [7, 11) is 1.57. The van der Waals surface area contributed by atoms with Crippen LogP contribution in [0.2, 0.25) is 0 Å². The number of nitrogens with zero attached hydrogens (tertiary/aromatic N) is 1. The lowest BCUT2D eigenvalue weighted by Gasteiger charge is -2.14. The van der Waals surface area contributed by atoms with Gasteiger partial charge in [0.25, 0.3) is 11.8 Å². The number of imide groups is 1. The monoisotopic (exact) mass is 354 g/mol. The van der Waals surface area contributed by atoms with Crippen LogP contribution in [0, 0.1) is 5.82 Å². The highest BCUT2D eigenvalue weighted by Gasteiger charge is 2.38. The van der Waals surface area contributed by atoms with E-state index < -0.39 is 17.6 Å². The number of carbonyl (C=O) groups excluding carboxylic acids is 2. The second-order valence-corrected chi connectivity index (χ2v) is 5.86. The van der Waals surface area contributed by atoms with Gasteiger partial charge in [-0.05, 0) is 36.2 Å². The molecule has 26 heavy (non-hydrogen) atoms. The standard InChI is InChI=1S/C20H19FN2O3/c1-26-13-5-12-23-19(24)17(14-8-10-15(21)11-9-14)18(20(23)25)22-16-6-3-2-4-7-16/h2-4,6-11,22H,5,12-13H2,1H3. The van der Waals surface area contributed by atoms with E-state index in [1.165, 1.54) is 29.2 Å². The minimum absolute atomic E-state index is 0.199. The predicted molar refractivity (Wildman–Crippen MR) is 96.6 cm³/mol. The molecule has 1 aliphatic rings. The van der Waals surface area contributed by atoms with E-state index in [1.807, 2.05) is 18.2 Å². The summed E-state index contributed by atoms with van der Waals surface area (Å²) in [6.45, 7) is 0.709. The summed E-state index contributed by atoms with van der Waals surface area (Å²) in [5.41, 5.74) is 1.64. The fourth-order valence-corrected chi connectivity index (χ4v) is 2.81. The molecule has 5 nitrogen and oxygen atoms in total. The molecule has 0 fully saturated rings. The molecule has 0 saturated carbocycles. The average molecular weight is 354 g/mol. The van der Waals surface area contributed by atoms with Crippen molar-refractivity contribution in [1.82, 2.24) is 4.90 Å². The number of halogens is 1. The van der Waals surface area contributed by atoms with Crippen molar-refractivity contribution in [3.63, 3.8) is 0 Å². The lowest BCUT2D eigenvalue weighted by Crippen LogP contribution is -2.33. The number of rotatable bonds is 7. The molecule has 1 N–H and O–H groups in total. The van der Waals surface area contributed by atoms with Crippen LogP contribution in [0.3, 0.4) is 0 Å². The molecule has 3 rings (SSSR count). The van der Waals surface area contributed by atoms with Crippen molar-refractivity contribution < 1.29 is 18.7 Å². The van der Waals surface area contributed by atoms with E-state index in [4.69, 9.17) is 4.74 Å². The average Bonchev–Trinajstić information content (AvgIpc) is 2.88. The molecule has 0 saturated heterocycles. The number of para-hydroxylation sites is 1. The van der Waals surface area contributed by atoms with Gasteiger partial charge in [0.15, 0.2) is 0 Å². The zero-order valence-corrected chi connectivity index (χ0v) is 14.4. The zero-order valence-electron chi connectivity index (χ0n) is 14.4. The van der Waals surface area contributed by atoms with E-state index in [2.05, 4.69) is 5.32 Å². The first kappa shape index (κ1) is 17.8. The van der Waals surface area contributed by atoms with Gasteiger partial charge in [-0.15, -0.1) is 0 Å². The van der Waals surface area contributed by atoms with Crippen molar-refractivity contribution in [3.8, 4) is 0 Å². The van der Waals surface area contributed by atoms with E-state index in [-0.39, 0.29) is 17.8 Å². The van der Waals surface area contributed by atoms with Crippen molar-refractivity contribution in [1.29, 1.82) is 0 Å². The first-order valence-corrected chi connectivity index (χ1v) is 8.29. The molecule has 2 amide bonds. The lowest BCUT2D eigenvalue weighted by atomic mass is 10.0. The predicted octanol–water partition coefficient (Wildman–Crippen LogP) is 3.05. The Labute approximate surface area is 151 Å². The fourth-order valence-electron chi connectivity index (χ4n) is 2.81. The first-order chi connectivity index (χ1) is 12.6. The molecule has 0 spiro atoms. The molecule has 2 aromatic rings. The molecule has 0 bridgehead atoms. The summed E-state index contributed by atoms with van der Waals surface area (Å²) in [6, 6.07) is 14.7. The third-order valence-corrected chi connectivity index (χ3v) is 4.07. The Hall–Kier alpha value is -2.99. The smallest absolute Gasteiger partial charge is 0.278 e. The van der Waals surface area contributed by atoms with E-state index in [0.717, 1.165) is 0 Å². The summed E-state index contributed by atoms with van der Waals surface area (Å²) in [5.74, 6) is -1.19.